The lowest BCUT2D eigenvalue weighted by molar-refractivity contribution is -0.119. The molecule has 5 heteroatoms. The average Bonchev–Trinajstić information content (AvgIpc) is 3.03. The molecule has 1 aromatic carbocycles. The van der Waals surface area contributed by atoms with Gasteiger partial charge in [-0.05, 0) is 25.3 Å². The summed E-state index contributed by atoms with van der Waals surface area (Å²) in [5.41, 5.74) is 3.44. The van der Waals surface area contributed by atoms with Gasteiger partial charge in [-0.25, -0.2) is 4.98 Å². The molecule has 24 heavy (non-hydrogen) atoms. The first-order valence-corrected chi connectivity index (χ1v) is 9.18. The van der Waals surface area contributed by atoms with Crippen LogP contribution in [-0.2, 0) is 16.0 Å². The van der Waals surface area contributed by atoms with Gasteiger partial charge in [0.2, 0.25) is 5.91 Å². The summed E-state index contributed by atoms with van der Waals surface area (Å²) in [4.78, 5) is 15.8. The lowest BCUT2D eigenvalue weighted by Crippen LogP contribution is -2.30. The second-order valence-corrected chi connectivity index (χ2v) is 7.15. The van der Waals surface area contributed by atoms with Gasteiger partial charge in [-0.3, -0.25) is 4.79 Å². The summed E-state index contributed by atoms with van der Waals surface area (Å²) in [5, 5.41) is 6.13. The minimum absolute atomic E-state index is 0.0277. The van der Waals surface area contributed by atoms with Gasteiger partial charge in [0.25, 0.3) is 0 Å². The highest BCUT2D eigenvalue weighted by Gasteiger charge is 2.11. The number of hydrogen-bond donors (Lipinski definition) is 1. The van der Waals surface area contributed by atoms with E-state index in [1.54, 1.807) is 25.4 Å². The molecule has 0 radical (unpaired) electrons. The van der Waals surface area contributed by atoms with Crippen LogP contribution in [0.2, 0.25) is 0 Å². The molecule has 1 N–H and O–H groups in total. The lowest BCUT2D eigenvalue weighted by atomic mass is 10.0. The maximum Gasteiger partial charge on any atom is 0.217 e. The zero-order chi connectivity index (χ0) is 17.5. The van der Waals surface area contributed by atoms with E-state index in [-0.39, 0.29) is 11.9 Å². The normalized spacial score (nSPS) is 13.5. The second-order valence-electron chi connectivity index (χ2n) is 6.26. The molecule has 1 heterocycles. The first-order chi connectivity index (χ1) is 11.5. The van der Waals surface area contributed by atoms with E-state index in [0.717, 1.165) is 29.1 Å². The molecule has 2 aromatic rings. The third-order valence-electron chi connectivity index (χ3n) is 3.93. The Morgan fingerprint density at radius 2 is 2.00 bits per heavy atom. The van der Waals surface area contributed by atoms with E-state index < -0.39 is 0 Å². The number of rotatable bonds is 8. The summed E-state index contributed by atoms with van der Waals surface area (Å²) in [5.74, 6) is 0.350. The van der Waals surface area contributed by atoms with Crippen LogP contribution in [0.1, 0.15) is 43.7 Å². The molecule has 0 bridgehead atoms. The van der Waals surface area contributed by atoms with E-state index in [2.05, 4.69) is 41.9 Å². The molecule has 1 amide bonds. The highest BCUT2D eigenvalue weighted by Crippen LogP contribution is 2.27. The quantitative estimate of drug-likeness (QED) is 0.785. The second kappa shape index (κ2) is 8.94. The van der Waals surface area contributed by atoms with Crippen LogP contribution in [0, 0.1) is 0 Å². The van der Waals surface area contributed by atoms with Crippen LogP contribution in [0.15, 0.2) is 29.6 Å². The van der Waals surface area contributed by atoms with Gasteiger partial charge in [-0.1, -0.05) is 31.2 Å². The number of carbonyl (C=O) groups is 1. The molecule has 0 aliphatic rings. The Bertz CT molecular complexity index is 652. The number of nitrogens with one attached hydrogen (secondary N) is 1. The van der Waals surface area contributed by atoms with Crippen LogP contribution in [0.4, 0.5) is 0 Å². The lowest BCUT2D eigenvalue weighted by Gasteiger charge is -2.12. The molecule has 2 rings (SSSR count). The van der Waals surface area contributed by atoms with Gasteiger partial charge in [-0.15, -0.1) is 11.3 Å². The Morgan fingerprint density at radius 3 is 2.62 bits per heavy atom. The highest BCUT2D eigenvalue weighted by molar-refractivity contribution is 7.10. The van der Waals surface area contributed by atoms with Crippen molar-refractivity contribution in [2.75, 3.05) is 13.7 Å². The summed E-state index contributed by atoms with van der Waals surface area (Å²) in [6, 6.07) is 8.74. The van der Waals surface area contributed by atoms with Crippen molar-refractivity contribution in [2.45, 2.75) is 45.6 Å². The van der Waals surface area contributed by atoms with E-state index in [0.29, 0.717) is 12.5 Å². The fourth-order valence-corrected chi connectivity index (χ4v) is 3.48. The summed E-state index contributed by atoms with van der Waals surface area (Å²) in [6.07, 6.45) is 1.89. The van der Waals surface area contributed by atoms with Crippen LogP contribution in [0.5, 0.6) is 0 Å². The third kappa shape index (κ3) is 5.42. The van der Waals surface area contributed by atoms with Crippen LogP contribution in [-0.4, -0.2) is 30.6 Å². The number of aryl methyl sites for hydroxylation is 1. The maximum atomic E-state index is 11.0. The fraction of sp³-hybridized carbons (Fsp3) is 0.474. The SMILES string of the molecule is COC[C@H](C)c1nc(-c2ccc(CC[C@@H](C)NC(C)=O)cc2)cs1. The summed E-state index contributed by atoms with van der Waals surface area (Å²) in [6.45, 7) is 6.42. The average molecular weight is 346 g/mol. The molecule has 0 unspecified atom stereocenters. The number of thiazole rings is 1. The number of hydrogen-bond acceptors (Lipinski definition) is 4. The third-order valence-corrected chi connectivity index (χ3v) is 5.00. The molecule has 0 spiro atoms. The van der Waals surface area contributed by atoms with Crippen molar-refractivity contribution < 1.29 is 9.53 Å². The number of amides is 1. The zero-order valence-corrected chi connectivity index (χ0v) is 15.7. The van der Waals surface area contributed by atoms with Crippen molar-refractivity contribution in [1.82, 2.24) is 10.3 Å². The number of ether oxygens (including phenoxy) is 1. The van der Waals surface area contributed by atoms with Crippen molar-refractivity contribution in [1.29, 1.82) is 0 Å². The molecule has 0 aliphatic carbocycles. The molecule has 1 aromatic heterocycles. The molecule has 4 nitrogen and oxygen atoms in total. The van der Waals surface area contributed by atoms with Gasteiger partial charge >= 0.3 is 0 Å². The van der Waals surface area contributed by atoms with Crippen LogP contribution >= 0.6 is 11.3 Å². The van der Waals surface area contributed by atoms with Gasteiger partial charge in [0, 0.05) is 36.9 Å². The topological polar surface area (TPSA) is 51.2 Å². The monoisotopic (exact) mass is 346 g/mol. The number of nitrogens with zero attached hydrogens (tertiary/aromatic N) is 1. The van der Waals surface area contributed by atoms with E-state index in [1.807, 2.05) is 6.92 Å². The van der Waals surface area contributed by atoms with Gasteiger partial charge in [0.1, 0.15) is 0 Å². The van der Waals surface area contributed by atoms with Gasteiger partial charge < -0.3 is 10.1 Å². The molecular formula is C19H26N2O2S. The Kier molecular flexibility index (Phi) is 6.94. The van der Waals surface area contributed by atoms with Crippen molar-refractivity contribution in [3.05, 3.63) is 40.2 Å². The standard InChI is InChI=1S/C19H26N2O2S/c1-13(11-23-4)19-21-18(12-24-19)17-9-7-16(8-10-17)6-5-14(2)20-15(3)22/h7-10,12-14H,5-6,11H2,1-4H3,(H,20,22)/t13-,14+/m0/s1. The van der Waals surface area contributed by atoms with Gasteiger partial charge in [0.15, 0.2) is 0 Å². The molecule has 0 saturated heterocycles. The Morgan fingerprint density at radius 1 is 1.29 bits per heavy atom. The highest BCUT2D eigenvalue weighted by atomic mass is 32.1. The smallest absolute Gasteiger partial charge is 0.217 e. The van der Waals surface area contributed by atoms with E-state index in [4.69, 9.17) is 9.72 Å². The largest absolute Gasteiger partial charge is 0.384 e. The molecule has 2 atom stereocenters. The number of benzene rings is 1. The summed E-state index contributed by atoms with van der Waals surface area (Å²) in [7, 11) is 1.72. The minimum Gasteiger partial charge on any atom is -0.384 e. The van der Waals surface area contributed by atoms with Crippen molar-refractivity contribution in [3.63, 3.8) is 0 Å². The Hall–Kier alpha value is -1.72. The Labute approximate surface area is 148 Å². The van der Waals surface area contributed by atoms with Crippen LogP contribution in [0.3, 0.4) is 0 Å². The van der Waals surface area contributed by atoms with Crippen molar-refractivity contribution >= 4 is 17.2 Å². The van der Waals surface area contributed by atoms with Gasteiger partial charge in [-0.2, -0.15) is 0 Å². The van der Waals surface area contributed by atoms with E-state index in [1.165, 1.54) is 5.56 Å². The number of carbonyl (C=O) groups excluding carboxylic acids is 1. The Balaban J connectivity index is 1.95. The summed E-state index contributed by atoms with van der Waals surface area (Å²) >= 11 is 1.69. The molecule has 0 aliphatic heterocycles. The van der Waals surface area contributed by atoms with E-state index in [9.17, 15) is 4.79 Å². The summed E-state index contributed by atoms with van der Waals surface area (Å²) < 4.78 is 5.20. The molecular weight excluding hydrogens is 320 g/mol. The first-order valence-electron chi connectivity index (χ1n) is 8.30. The van der Waals surface area contributed by atoms with Crippen molar-refractivity contribution in [3.8, 4) is 11.3 Å². The predicted molar refractivity (Wildman–Crippen MR) is 99.4 cm³/mol. The minimum atomic E-state index is 0.0277. The van der Waals surface area contributed by atoms with Crippen LogP contribution < -0.4 is 5.32 Å². The van der Waals surface area contributed by atoms with Gasteiger partial charge in [0.05, 0.1) is 17.3 Å². The zero-order valence-electron chi connectivity index (χ0n) is 14.8. The van der Waals surface area contributed by atoms with E-state index >= 15 is 0 Å². The fourth-order valence-electron chi connectivity index (χ4n) is 2.61. The number of aromatic nitrogens is 1. The first kappa shape index (κ1) is 18.6. The molecule has 0 fully saturated rings. The van der Waals surface area contributed by atoms with Crippen LogP contribution in [0.25, 0.3) is 11.3 Å². The molecule has 0 saturated carbocycles. The predicted octanol–water partition coefficient (Wildman–Crippen LogP) is 4.02. The number of methoxy groups -OCH3 is 1. The maximum absolute atomic E-state index is 11.0. The molecule has 130 valence electrons. The van der Waals surface area contributed by atoms with Crippen molar-refractivity contribution in [2.24, 2.45) is 0 Å².